The number of hydrogen-bond donors (Lipinski definition) is 2. The SMILES string of the molecule is COc1ccc(/C(O)=C2/C(=O)C(=O)N(c3cccc(OC(F)(F)F)c3)C2c2ccc(O)cc2)cc1C(C)C. The third-order valence-corrected chi connectivity index (χ3v) is 6.11. The largest absolute Gasteiger partial charge is 0.573 e. The summed E-state index contributed by atoms with van der Waals surface area (Å²) in [7, 11) is 1.51. The lowest BCUT2D eigenvalue weighted by Gasteiger charge is -2.26. The Kier molecular flexibility index (Phi) is 7.08. The molecule has 0 saturated carbocycles. The van der Waals surface area contributed by atoms with Gasteiger partial charge < -0.3 is 19.7 Å². The van der Waals surface area contributed by atoms with Gasteiger partial charge in [-0.05, 0) is 59.5 Å². The molecule has 1 fully saturated rings. The molecule has 3 aromatic carbocycles. The van der Waals surface area contributed by atoms with Gasteiger partial charge in [-0.1, -0.05) is 32.0 Å². The first-order chi connectivity index (χ1) is 17.9. The summed E-state index contributed by atoms with van der Waals surface area (Å²) in [6, 6.07) is 13.8. The molecule has 1 saturated heterocycles. The minimum absolute atomic E-state index is 0.00405. The third kappa shape index (κ3) is 5.15. The number of phenolic OH excluding ortho intramolecular Hbond substituents is 1. The molecule has 1 amide bonds. The average molecular weight is 527 g/mol. The molecule has 38 heavy (non-hydrogen) atoms. The van der Waals surface area contributed by atoms with E-state index in [1.807, 2.05) is 13.8 Å². The quantitative estimate of drug-likeness (QED) is 0.230. The van der Waals surface area contributed by atoms with E-state index in [1.165, 1.54) is 43.5 Å². The van der Waals surface area contributed by atoms with Gasteiger partial charge in [-0.2, -0.15) is 0 Å². The summed E-state index contributed by atoms with van der Waals surface area (Å²) in [5, 5.41) is 21.1. The lowest BCUT2D eigenvalue weighted by molar-refractivity contribution is -0.274. The number of alkyl halides is 3. The Morgan fingerprint density at radius 1 is 1.00 bits per heavy atom. The molecule has 0 radical (unpaired) electrons. The van der Waals surface area contributed by atoms with Crippen LogP contribution in [0.2, 0.25) is 0 Å². The van der Waals surface area contributed by atoms with E-state index in [1.54, 1.807) is 18.2 Å². The highest BCUT2D eigenvalue weighted by Gasteiger charge is 2.47. The maximum absolute atomic E-state index is 13.3. The first-order valence-electron chi connectivity index (χ1n) is 11.5. The molecule has 10 heteroatoms. The van der Waals surface area contributed by atoms with Gasteiger partial charge in [0.05, 0.1) is 18.7 Å². The van der Waals surface area contributed by atoms with Crippen LogP contribution in [0.15, 0.2) is 72.3 Å². The summed E-state index contributed by atoms with van der Waals surface area (Å²) in [6.07, 6.45) is -4.97. The maximum Gasteiger partial charge on any atom is 0.573 e. The Morgan fingerprint density at radius 3 is 2.29 bits per heavy atom. The monoisotopic (exact) mass is 527 g/mol. The average Bonchev–Trinajstić information content (AvgIpc) is 3.13. The van der Waals surface area contributed by atoms with Gasteiger partial charge in [-0.15, -0.1) is 13.2 Å². The molecular weight excluding hydrogens is 503 g/mol. The molecule has 7 nitrogen and oxygen atoms in total. The van der Waals surface area contributed by atoms with E-state index in [0.717, 1.165) is 22.6 Å². The highest BCUT2D eigenvalue weighted by atomic mass is 19.4. The number of amides is 1. The molecule has 1 atom stereocenters. The van der Waals surface area contributed by atoms with E-state index in [2.05, 4.69) is 4.74 Å². The molecule has 2 N–H and O–H groups in total. The first kappa shape index (κ1) is 26.6. The fraction of sp³-hybridized carbons (Fsp3) is 0.214. The van der Waals surface area contributed by atoms with Crippen molar-refractivity contribution < 1.29 is 42.4 Å². The van der Waals surface area contributed by atoms with E-state index in [-0.39, 0.29) is 28.5 Å². The van der Waals surface area contributed by atoms with Gasteiger partial charge in [0, 0.05) is 17.3 Å². The summed E-state index contributed by atoms with van der Waals surface area (Å²) in [5.41, 5.74) is 1.03. The van der Waals surface area contributed by atoms with E-state index in [0.29, 0.717) is 11.3 Å². The number of phenols is 1. The minimum atomic E-state index is -4.97. The lowest BCUT2D eigenvalue weighted by atomic mass is 9.93. The number of ether oxygens (including phenoxy) is 2. The lowest BCUT2D eigenvalue weighted by Crippen LogP contribution is -2.29. The number of ketones is 1. The zero-order valence-electron chi connectivity index (χ0n) is 20.6. The Labute approximate surface area is 216 Å². The number of halogens is 3. The topological polar surface area (TPSA) is 96.3 Å². The number of rotatable bonds is 6. The number of nitrogens with zero attached hydrogens (tertiary/aromatic N) is 1. The van der Waals surface area contributed by atoms with Crippen molar-refractivity contribution in [1.82, 2.24) is 0 Å². The maximum atomic E-state index is 13.3. The summed E-state index contributed by atoms with van der Waals surface area (Å²) in [6.45, 7) is 3.85. The zero-order chi connectivity index (χ0) is 27.8. The number of hydrogen-bond acceptors (Lipinski definition) is 6. The normalized spacial score (nSPS) is 17.2. The molecule has 1 aliphatic rings. The van der Waals surface area contributed by atoms with Crippen LogP contribution in [0.1, 0.15) is 42.5 Å². The van der Waals surface area contributed by atoms with Crippen LogP contribution in [-0.2, 0) is 9.59 Å². The number of anilines is 1. The number of aliphatic hydroxyl groups is 1. The standard InChI is InChI=1S/C28H24F3NO6/c1-15(2)21-13-17(9-12-22(21)37-3)25(34)23-24(16-7-10-19(33)11-8-16)32(27(36)26(23)35)18-5-4-6-20(14-18)38-28(29,30)31/h4-15,24,33-34H,1-3H3/b25-23-. The van der Waals surface area contributed by atoms with Crippen molar-refractivity contribution >= 4 is 23.1 Å². The summed E-state index contributed by atoms with van der Waals surface area (Å²) < 4.78 is 47.9. The highest BCUT2D eigenvalue weighted by Crippen LogP contribution is 2.44. The van der Waals surface area contributed by atoms with Gasteiger partial charge >= 0.3 is 6.36 Å². The van der Waals surface area contributed by atoms with Crippen LogP contribution in [0.5, 0.6) is 17.2 Å². The zero-order valence-corrected chi connectivity index (χ0v) is 20.6. The van der Waals surface area contributed by atoms with Gasteiger partial charge in [0.15, 0.2) is 0 Å². The van der Waals surface area contributed by atoms with Crippen molar-refractivity contribution in [3.05, 3.63) is 89.0 Å². The molecule has 198 valence electrons. The first-order valence-corrected chi connectivity index (χ1v) is 11.5. The van der Waals surface area contributed by atoms with Crippen LogP contribution < -0.4 is 14.4 Å². The summed E-state index contributed by atoms with van der Waals surface area (Å²) >= 11 is 0. The predicted molar refractivity (Wildman–Crippen MR) is 133 cm³/mol. The number of aromatic hydroxyl groups is 1. The molecule has 0 bridgehead atoms. The molecule has 0 aliphatic carbocycles. The van der Waals surface area contributed by atoms with Crippen LogP contribution in [0.3, 0.4) is 0 Å². The van der Waals surface area contributed by atoms with E-state index >= 15 is 0 Å². The fourth-order valence-electron chi connectivity index (χ4n) is 4.39. The van der Waals surface area contributed by atoms with Crippen LogP contribution in [0.4, 0.5) is 18.9 Å². The van der Waals surface area contributed by atoms with Crippen LogP contribution in [0.25, 0.3) is 5.76 Å². The number of Topliss-reactive ketones (excluding diaryl/α,β-unsaturated/α-hetero) is 1. The molecular formula is C28H24F3NO6. The summed E-state index contributed by atoms with van der Waals surface area (Å²) in [4.78, 5) is 27.6. The van der Waals surface area contributed by atoms with Crippen molar-refractivity contribution in [3.63, 3.8) is 0 Å². The second-order valence-corrected chi connectivity index (χ2v) is 8.92. The van der Waals surface area contributed by atoms with Crippen LogP contribution >= 0.6 is 0 Å². The molecule has 3 aromatic rings. The molecule has 0 spiro atoms. The van der Waals surface area contributed by atoms with Crippen molar-refractivity contribution in [2.24, 2.45) is 0 Å². The van der Waals surface area contributed by atoms with Crippen molar-refractivity contribution in [3.8, 4) is 17.2 Å². The van der Waals surface area contributed by atoms with Crippen LogP contribution in [0, 0.1) is 0 Å². The van der Waals surface area contributed by atoms with E-state index < -0.39 is 35.6 Å². The smallest absolute Gasteiger partial charge is 0.508 e. The third-order valence-electron chi connectivity index (χ3n) is 6.11. The van der Waals surface area contributed by atoms with Gasteiger partial charge in [0.25, 0.3) is 11.7 Å². The summed E-state index contributed by atoms with van der Waals surface area (Å²) in [5.74, 6) is -2.62. The molecule has 4 rings (SSSR count). The Morgan fingerprint density at radius 2 is 1.68 bits per heavy atom. The minimum Gasteiger partial charge on any atom is -0.508 e. The number of carbonyl (C=O) groups is 2. The number of aliphatic hydroxyl groups excluding tert-OH is 1. The molecule has 1 unspecified atom stereocenters. The molecule has 0 aromatic heterocycles. The molecule has 1 aliphatic heterocycles. The Bertz CT molecular complexity index is 1410. The number of methoxy groups -OCH3 is 1. The van der Waals surface area contributed by atoms with Gasteiger partial charge in [-0.25, -0.2) is 0 Å². The predicted octanol–water partition coefficient (Wildman–Crippen LogP) is 6.05. The van der Waals surface area contributed by atoms with Crippen LogP contribution in [-0.4, -0.2) is 35.4 Å². The van der Waals surface area contributed by atoms with E-state index in [4.69, 9.17) is 4.74 Å². The van der Waals surface area contributed by atoms with Gasteiger partial charge in [-0.3, -0.25) is 14.5 Å². The van der Waals surface area contributed by atoms with E-state index in [9.17, 15) is 33.0 Å². The highest BCUT2D eigenvalue weighted by molar-refractivity contribution is 6.51. The Hall–Kier alpha value is -4.47. The fourth-order valence-corrected chi connectivity index (χ4v) is 4.39. The van der Waals surface area contributed by atoms with Gasteiger partial charge in [0.2, 0.25) is 0 Å². The second kappa shape index (κ2) is 10.1. The number of carbonyl (C=O) groups excluding carboxylic acids is 2. The molecule has 1 heterocycles. The Balaban J connectivity index is 1.92. The second-order valence-electron chi connectivity index (χ2n) is 8.92. The van der Waals surface area contributed by atoms with Crippen molar-refractivity contribution in [2.45, 2.75) is 32.2 Å². The van der Waals surface area contributed by atoms with Crippen molar-refractivity contribution in [1.29, 1.82) is 0 Å². The van der Waals surface area contributed by atoms with Gasteiger partial charge in [0.1, 0.15) is 23.0 Å². The number of benzene rings is 3. The van der Waals surface area contributed by atoms with Crippen molar-refractivity contribution in [2.75, 3.05) is 12.0 Å².